The maximum absolute atomic E-state index is 12.0. The normalized spacial score (nSPS) is 10.2. The van der Waals surface area contributed by atoms with Crippen molar-refractivity contribution in [3.8, 4) is 10.4 Å². The van der Waals surface area contributed by atoms with Gasteiger partial charge in [-0.25, -0.2) is 9.78 Å². The van der Waals surface area contributed by atoms with Gasteiger partial charge < -0.3 is 5.32 Å². The first-order chi connectivity index (χ1) is 11.6. The van der Waals surface area contributed by atoms with E-state index in [0.29, 0.717) is 10.8 Å². The molecule has 0 atom stereocenters. The van der Waals surface area contributed by atoms with E-state index in [-0.39, 0.29) is 5.69 Å². The molecular weight excluding hydrogens is 328 g/mol. The number of nitrogens with one attached hydrogen (secondary N) is 2. The zero-order chi connectivity index (χ0) is 16.9. The van der Waals surface area contributed by atoms with Crippen LogP contribution in [-0.4, -0.2) is 15.9 Å². The maximum Gasteiger partial charge on any atom is 0.325 e. The molecular formula is C16H12N4O3S. The lowest BCUT2D eigenvalue weighted by atomic mass is 10.2. The van der Waals surface area contributed by atoms with Gasteiger partial charge in [0.05, 0.1) is 9.80 Å². The highest BCUT2D eigenvalue weighted by Gasteiger charge is 2.10. The molecule has 0 spiro atoms. The van der Waals surface area contributed by atoms with Gasteiger partial charge >= 0.3 is 6.03 Å². The first kappa shape index (κ1) is 15.6. The Balaban J connectivity index is 1.66. The number of nitro benzene ring substituents is 1. The van der Waals surface area contributed by atoms with Crippen LogP contribution in [0, 0.1) is 10.1 Å². The summed E-state index contributed by atoms with van der Waals surface area (Å²) in [5.74, 6) is 0. The molecule has 2 amide bonds. The third-order valence-corrected chi connectivity index (χ3v) is 4.06. The molecule has 1 aromatic heterocycles. The van der Waals surface area contributed by atoms with Crippen LogP contribution in [0.1, 0.15) is 0 Å². The predicted molar refractivity (Wildman–Crippen MR) is 93.3 cm³/mol. The second-order valence-corrected chi connectivity index (χ2v) is 5.81. The maximum atomic E-state index is 12.0. The second kappa shape index (κ2) is 6.88. The van der Waals surface area contributed by atoms with E-state index in [0.717, 1.165) is 10.4 Å². The number of anilines is 2. The summed E-state index contributed by atoms with van der Waals surface area (Å²) in [7, 11) is 0. The molecule has 2 N–H and O–H groups in total. The number of non-ortho nitro benzene ring substituents is 1. The van der Waals surface area contributed by atoms with Crippen LogP contribution in [0.5, 0.6) is 0 Å². The topological polar surface area (TPSA) is 97.2 Å². The number of rotatable bonds is 4. The van der Waals surface area contributed by atoms with Crippen molar-refractivity contribution in [3.63, 3.8) is 0 Å². The standard InChI is InChI=1S/C16H12N4O3S/c21-15(18-12-7-4-8-13(9-12)20(22)23)19-16-17-10-14(24-16)11-5-2-1-3-6-11/h1-10H,(H2,17,18,19,21). The number of nitro groups is 1. The Morgan fingerprint density at radius 1 is 1.08 bits per heavy atom. The van der Waals surface area contributed by atoms with Crippen LogP contribution in [0.25, 0.3) is 10.4 Å². The number of carbonyl (C=O) groups excluding carboxylic acids is 1. The van der Waals surface area contributed by atoms with Crippen LogP contribution in [0.15, 0.2) is 60.8 Å². The fourth-order valence-corrected chi connectivity index (χ4v) is 2.84. The summed E-state index contributed by atoms with van der Waals surface area (Å²) in [5, 5.41) is 16.3. The molecule has 7 nitrogen and oxygen atoms in total. The molecule has 0 radical (unpaired) electrons. The Morgan fingerprint density at radius 2 is 1.88 bits per heavy atom. The van der Waals surface area contributed by atoms with E-state index in [4.69, 9.17) is 0 Å². The molecule has 8 heteroatoms. The lowest BCUT2D eigenvalue weighted by Crippen LogP contribution is -2.19. The molecule has 0 saturated carbocycles. The smallest absolute Gasteiger partial charge is 0.307 e. The van der Waals surface area contributed by atoms with Gasteiger partial charge in [-0.15, -0.1) is 0 Å². The van der Waals surface area contributed by atoms with Crippen LogP contribution in [-0.2, 0) is 0 Å². The first-order valence-corrected chi connectivity index (χ1v) is 7.77. The number of carbonyl (C=O) groups is 1. The minimum absolute atomic E-state index is 0.0894. The zero-order valence-corrected chi connectivity index (χ0v) is 13.1. The first-order valence-electron chi connectivity index (χ1n) is 6.95. The minimum Gasteiger partial charge on any atom is -0.307 e. The molecule has 0 aliphatic heterocycles. The zero-order valence-electron chi connectivity index (χ0n) is 12.3. The number of nitrogens with zero attached hydrogens (tertiary/aromatic N) is 2. The van der Waals surface area contributed by atoms with Crippen molar-refractivity contribution >= 4 is 33.9 Å². The fraction of sp³-hybridized carbons (Fsp3) is 0. The quantitative estimate of drug-likeness (QED) is 0.544. The van der Waals surface area contributed by atoms with Gasteiger partial charge in [0.1, 0.15) is 0 Å². The summed E-state index contributed by atoms with van der Waals surface area (Å²) in [6, 6.07) is 14.9. The monoisotopic (exact) mass is 340 g/mol. The minimum atomic E-state index is -0.518. The summed E-state index contributed by atoms with van der Waals surface area (Å²) in [6.07, 6.45) is 1.68. The summed E-state index contributed by atoms with van der Waals surface area (Å²) < 4.78 is 0. The number of hydrogen-bond acceptors (Lipinski definition) is 5. The predicted octanol–water partition coefficient (Wildman–Crippen LogP) is 4.36. The van der Waals surface area contributed by atoms with Gasteiger partial charge in [-0.3, -0.25) is 15.4 Å². The van der Waals surface area contributed by atoms with E-state index in [1.807, 2.05) is 30.3 Å². The van der Waals surface area contributed by atoms with Gasteiger partial charge in [0, 0.05) is 24.0 Å². The van der Waals surface area contributed by atoms with Crippen LogP contribution >= 0.6 is 11.3 Å². The summed E-state index contributed by atoms with van der Waals surface area (Å²) in [4.78, 5) is 27.3. The molecule has 24 heavy (non-hydrogen) atoms. The lowest BCUT2D eigenvalue weighted by Gasteiger charge is -2.04. The van der Waals surface area contributed by atoms with Crippen molar-refractivity contribution in [1.29, 1.82) is 0 Å². The molecule has 0 aliphatic rings. The van der Waals surface area contributed by atoms with Crippen LogP contribution in [0.2, 0.25) is 0 Å². The Morgan fingerprint density at radius 3 is 2.62 bits per heavy atom. The molecule has 0 saturated heterocycles. The van der Waals surface area contributed by atoms with Crippen molar-refractivity contribution in [2.24, 2.45) is 0 Å². The van der Waals surface area contributed by atoms with E-state index in [2.05, 4.69) is 15.6 Å². The second-order valence-electron chi connectivity index (χ2n) is 4.78. The fourth-order valence-electron chi connectivity index (χ4n) is 2.02. The number of hydrogen-bond donors (Lipinski definition) is 2. The van der Waals surface area contributed by atoms with Crippen LogP contribution in [0.3, 0.4) is 0 Å². The molecule has 3 aromatic rings. The summed E-state index contributed by atoms with van der Waals surface area (Å²) in [6.45, 7) is 0. The van der Waals surface area contributed by atoms with Crippen LogP contribution < -0.4 is 10.6 Å². The molecule has 0 bridgehead atoms. The molecule has 0 aliphatic carbocycles. The van der Waals surface area contributed by atoms with Gasteiger partial charge in [0.15, 0.2) is 5.13 Å². The van der Waals surface area contributed by atoms with E-state index in [9.17, 15) is 14.9 Å². The van der Waals surface area contributed by atoms with Crippen LogP contribution in [0.4, 0.5) is 21.3 Å². The van der Waals surface area contributed by atoms with Crippen molar-refractivity contribution in [2.75, 3.05) is 10.6 Å². The highest BCUT2D eigenvalue weighted by atomic mass is 32.1. The molecule has 3 rings (SSSR count). The summed E-state index contributed by atoms with van der Waals surface area (Å²) in [5.41, 5.74) is 1.26. The van der Waals surface area contributed by atoms with E-state index < -0.39 is 11.0 Å². The van der Waals surface area contributed by atoms with Gasteiger partial charge in [0.2, 0.25) is 0 Å². The Hall–Kier alpha value is -3.26. The SMILES string of the molecule is O=C(Nc1cccc([N+](=O)[O-])c1)Nc1ncc(-c2ccccc2)s1. The van der Waals surface area contributed by atoms with Gasteiger partial charge in [-0.2, -0.15) is 0 Å². The Kier molecular flexibility index (Phi) is 4.48. The van der Waals surface area contributed by atoms with E-state index in [1.165, 1.54) is 29.5 Å². The van der Waals surface area contributed by atoms with Crippen molar-refractivity contribution in [2.45, 2.75) is 0 Å². The van der Waals surface area contributed by atoms with Gasteiger partial charge in [-0.1, -0.05) is 47.7 Å². The van der Waals surface area contributed by atoms with E-state index >= 15 is 0 Å². The average Bonchev–Trinajstić information content (AvgIpc) is 3.04. The third kappa shape index (κ3) is 3.73. The van der Waals surface area contributed by atoms with Gasteiger partial charge in [0.25, 0.3) is 5.69 Å². The number of benzene rings is 2. The number of thiazole rings is 1. The highest BCUT2D eigenvalue weighted by Crippen LogP contribution is 2.28. The molecule has 0 fully saturated rings. The number of amides is 2. The average molecular weight is 340 g/mol. The largest absolute Gasteiger partial charge is 0.325 e. The number of urea groups is 1. The third-order valence-electron chi connectivity index (χ3n) is 3.10. The van der Waals surface area contributed by atoms with Crippen molar-refractivity contribution in [3.05, 3.63) is 70.9 Å². The molecule has 120 valence electrons. The van der Waals surface area contributed by atoms with Crippen molar-refractivity contribution < 1.29 is 9.72 Å². The lowest BCUT2D eigenvalue weighted by molar-refractivity contribution is -0.384. The summed E-state index contributed by atoms with van der Waals surface area (Å²) >= 11 is 1.34. The molecule has 1 heterocycles. The van der Waals surface area contributed by atoms with Crippen molar-refractivity contribution in [1.82, 2.24) is 4.98 Å². The molecule has 2 aromatic carbocycles. The molecule has 0 unspecified atom stereocenters. The van der Waals surface area contributed by atoms with Gasteiger partial charge in [-0.05, 0) is 11.6 Å². The Labute approximate surface area is 141 Å². The Bertz CT molecular complexity index is 880. The number of aromatic nitrogens is 1. The van der Waals surface area contributed by atoms with E-state index in [1.54, 1.807) is 12.3 Å². The highest BCUT2D eigenvalue weighted by molar-refractivity contribution is 7.19.